The van der Waals surface area contributed by atoms with Gasteiger partial charge < -0.3 is 10.2 Å². The zero-order valence-corrected chi connectivity index (χ0v) is 19.6. The highest BCUT2D eigenvalue weighted by Gasteiger charge is 2.62. The van der Waals surface area contributed by atoms with Gasteiger partial charge in [-0.1, -0.05) is 70.6 Å². The summed E-state index contributed by atoms with van der Waals surface area (Å²) < 4.78 is 42.5. The molecule has 1 heterocycles. The van der Waals surface area contributed by atoms with Gasteiger partial charge in [0.05, 0.1) is 20.8 Å². The molecule has 2 aromatic carbocycles. The highest BCUT2D eigenvalue weighted by atomic mass is 35.5. The van der Waals surface area contributed by atoms with Crippen molar-refractivity contribution >= 4 is 58.0 Å². The van der Waals surface area contributed by atoms with Gasteiger partial charge >= 0.3 is 6.18 Å². The maximum absolute atomic E-state index is 14.2. The number of rotatable bonds is 6. The molecule has 11 heteroatoms. The van der Waals surface area contributed by atoms with E-state index in [0.717, 1.165) is 12.1 Å². The first-order chi connectivity index (χ1) is 15.0. The monoisotopic (exact) mass is 526 g/mol. The molecule has 1 aliphatic heterocycles. The van der Waals surface area contributed by atoms with Crippen molar-refractivity contribution in [3.8, 4) is 0 Å². The molecule has 0 saturated carbocycles. The summed E-state index contributed by atoms with van der Waals surface area (Å²) in [5, 5.41) is 6.40. The molecule has 3 rings (SSSR count). The van der Waals surface area contributed by atoms with Crippen LogP contribution in [-0.4, -0.2) is 17.8 Å². The van der Waals surface area contributed by atoms with Crippen molar-refractivity contribution in [2.24, 2.45) is 5.16 Å². The average Bonchev–Trinajstić information content (AvgIpc) is 3.18. The SMILES string of the molecule is CCCC(=O)NCc1ccc(C2=NOC(c3cc(Cl)c(Cl)c(Cl)c3)(C(F)(F)F)C2)cc1Cl. The van der Waals surface area contributed by atoms with Crippen molar-refractivity contribution in [1.82, 2.24) is 5.32 Å². The number of nitrogens with zero attached hydrogens (tertiary/aromatic N) is 1. The number of hydrogen-bond acceptors (Lipinski definition) is 3. The molecule has 0 saturated heterocycles. The van der Waals surface area contributed by atoms with Gasteiger partial charge in [-0.05, 0) is 30.2 Å². The van der Waals surface area contributed by atoms with Crippen LogP contribution in [0.1, 0.15) is 42.9 Å². The number of alkyl halides is 3. The van der Waals surface area contributed by atoms with E-state index in [0.29, 0.717) is 24.0 Å². The van der Waals surface area contributed by atoms with Gasteiger partial charge in [-0.15, -0.1) is 0 Å². The largest absolute Gasteiger partial charge is 0.435 e. The first-order valence-electron chi connectivity index (χ1n) is 9.50. The highest BCUT2D eigenvalue weighted by molar-refractivity contribution is 6.48. The van der Waals surface area contributed by atoms with E-state index >= 15 is 0 Å². The summed E-state index contributed by atoms with van der Waals surface area (Å²) in [5.41, 5.74) is -2.06. The van der Waals surface area contributed by atoms with Crippen LogP contribution in [0.15, 0.2) is 35.5 Å². The van der Waals surface area contributed by atoms with Crippen LogP contribution in [0.2, 0.25) is 20.1 Å². The first kappa shape index (κ1) is 25.0. The summed E-state index contributed by atoms with van der Waals surface area (Å²) in [4.78, 5) is 16.6. The lowest BCUT2D eigenvalue weighted by atomic mass is 9.86. The summed E-state index contributed by atoms with van der Waals surface area (Å²) in [6.45, 7) is 2.09. The third kappa shape index (κ3) is 4.96. The van der Waals surface area contributed by atoms with Gasteiger partial charge in [0.1, 0.15) is 0 Å². The maximum atomic E-state index is 14.2. The van der Waals surface area contributed by atoms with Crippen LogP contribution in [0, 0.1) is 0 Å². The number of nitrogens with one attached hydrogen (secondary N) is 1. The van der Waals surface area contributed by atoms with E-state index in [1.807, 2.05) is 6.92 Å². The molecule has 1 aliphatic rings. The van der Waals surface area contributed by atoms with Gasteiger partial charge in [-0.3, -0.25) is 4.79 Å². The fraction of sp³-hybridized carbons (Fsp3) is 0.333. The molecule has 0 aromatic heterocycles. The zero-order valence-electron chi connectivity index (χ0n) is 16.6. The van der Waals surface area contributed by atoms with Crippen LogP contribution in [-0.2, 0) is 21.8 Å². The van der Waals surface area contributed by atoms with Crippen molar-refractivity contribution in [1.29, 1.82) is 0 Å². The van der Waals surface area contributed by atoms with Crippen LogP contribution in [0.3, 0.4) is 0 Å². The standard InChI is InChI=1S/C21H17Cl4F3N2O2/c1-2-3-18(31)29-10-12-5-4-11(6-14(12)22)17-9-20(32-30-17,21(26,27)28)13-7-15(23)19(25)16(24)8-13/h4-8H,2-3,9-10H2,1H3,(H,29,31). The molecular formula is C21H17Cl4F3N2O2. The average molecular weight is 528 g/mol. The lowest BCUT2D eigenvalue weighted by molar-refractivity contribution is -0.275. The van der Waals surface area contributed by atoms with Gasteiger partial charge in [0.2, 0.25) is 5.91 Å². The Bertz CT molecular complexity index is 1050. The molecule has 0 aliphatic carbocycles. The Kier molecular flexibility index (Phi) is 7.55. The Morgan fingerprint density at radius 2 is 1.78 bits per heavy atom. The molecule has 1 unspecified atom stereocenters. The Morgan fingerprint density at radius 3 is 2.34 bits per heavy atom. The molecule has 2 aromatic rings. The van der Waals surface area contributed by atoms with Gasteiger partial charge in [0.15, 0.2) is 0 Å². The molecule has 1 amide bonds. The van der Waals surface area contributed by atoms with Gasteiger partial charge in [0.25, 0.3) is 5.60 Å². The van der Waals surface area contributed by atoms with Crippen molar-refractivity contribution in [3.05, 3.63) is 67.1 Å². The molecule has 1 atom stereocenters. The second-order valence-electron chi connectivity index (χ2n) is 7.22. The number of hydrogen-bond donors (Lipinski definition) is 1. The summed E-state index contributed by atoms with van der Waals surface area (Å²) in [7, 11) is 0. The third-order valence-electron chi connectivity index (χ3n) is 4.98. The summed E-state index contributed by atoms with van der Waals surface area (Å²) in [5.74, 6) is -0.114. The van der Waals surface area contributed by atoms with Crippen molar-refractivity contribution in [3.63, 3.8) is 0 Å². The smallest absolute Gasteiger partial charge is 0.374 e. The molecule has 0 radical (unpaired) electrons. The lowest BCUT2D eigenvalue weighted by Gasteiger charge is -2.30. The Morgan fingerprint density at radius 1 is 1.12 bits per heavy atom. The van der Waals surface area contributed by atoms with Gasteiger partial charge in [-0.25, -0.2) is 0 Å². The van der Waals surface area contributed by atoms with Crippen molar-refractivity contribution in [2.45, 2.75) is 44.5 Å². The van der Waals surface area contributed by atoms with E-state index in [1.54, 1.807) is 12.1 Å². The molecule has 1 N–H and O–H groups in total. The van der Waals surface area contributed by atoms with Gasteiger partial charge in [0, 0.05) is 35.5 Å². The quantitative estimate of drug-likeness (QED) is 0.401. The Balaban J connectivity index is 1.87. The molecule has 0 spiro atoms. The van der Waals surface area contributed by atoms with Crippen LogP contribution in [0.5, 0.6) is 0 Å². The van der Waals surface area contributed by atoms with Gasteiger partial charge in [-0.2, -0.15) is 13.2 Å². The van der Waals surface area contributed by atoms with E-state index in [9.17, 15) is 18.0 Å². The number of halogens is 7. The highest BCUT2D eigenvalue weighted by Crippen LogP contribution is 2.50. The third-order valence-corrected chi connectivity index (χ3v) is 6.52. The maximum Gasteiger partial charge on any atom is 0.435 e. The molecule has 32 heavy (non-hydrogen) atoms. The number of oxime groups is 1. The second kappa shape index (κ2) is 9.67. The molecule has 172 valence electrons. The van der Waals surface area contributed by atoms with Crippen molar-refractivity contribution < 1.29 is 22.8 Å². The summed E-state index contributed by atoms with van der Waals surface area (Å²) in [6.07, 6.45) is -4.34. The molecule has 4 nitrogen and oxygen atoms in total. The predicted octanol–water partition coefficient (Wildman–Crippen LogP) is 7.30. The van der Waals surface area contributed by atoms with Crippen molar-refractivity contribution in [2.75, 3.05) is 0 Å². The normalized spacial score (nSPS) is 18.3. The summed E-state index contributed by atoms with van der Waals surface area (Å²) in [6, 6.07) is 6.81. The minimum atomic E-state index is -4.83. The van der Waals surface area contributed by atoms with E-state index in [2.05, 4.69) is 10.5 Å². The molecular weight excluding hydrogens is 511 g/mol. The topological polar surface area (TPSA) is 50.7 Å². The number of benzene rings is 2. The molecule has 0 fully saturated rings. The summed E-state index contributed by atoms with van der Waals surface area (Å²) >= 11 is 24.1. The number of carbonyl (C=O) groups excluding carboxylic acids is 1. The first-order valence-corrected chi connectivity index (χ1v) is 11.0. The van der Waals surface area contributed by atoms with Crippen LogP contribution in [0.4, 0.5) is 13.2 Å². The van der Waals surface area contributed by atoms with Crippen LogP contribution >= 0.6 is 46.4 Å². The van der Waals surface area contributed by atoms with E-state index in [1.165, 1.54) is 6.07 Å². The minimum absolute atomic E-state index is 0.0491. The van der Waals surface area contributed by atoms with E-state index in [4.69, 9.17) is 51.2 Å². The Labute approximate surface area is 202 Å². The second-order valence-corrected chi connectivity index (χ2v) is 8.82. The zero-order chi connectivity index (χ0) is 23.7. The lowest BCUT2D eigenvalue weighted by Crippen LogP contribution is -2.42. The predicted molar refractivity (Wildman–Crippen MR) is 120 cm³/mol. The fourth-order valence-electron chi connectivity index (χ4n) is 3.23. The minimum Gasteiger partial charge on any atom is -0.374 e. The van der Waals surface area contributed by atoms with E-state index < -0.39 is 18.2 Å². The van der Waals surface area contributed by atoms with E-state index in [-0.39, 0.29) is 43.8 Å². The van der Waals surface area contributed by atoms with Crippen LogP contribution in [0.25, 0.3) is 0 Å². The Hall–Kier alpha value is -1.67. The van der Waals surface area contributed by atoms with Crippen LogP contribution < -0.4 is 5.32 Å². The number of carbonyl (C=O) groups is 1. The number of amides is 1. The fourth-order valence-corrected chi connectivity index (χ4v) is 4.07. The molecule has 0 bridgehead atoms.